The lowest BCUT2D eigenvalue weighted by atomic mass is 10.3. The first-order valence-electron chi connectivity index (χ1n) is 7.44. The number of nitrogens with zero attached hydrogens (tertiary/aromatic N) is 2. The van der Waals surface area contributed by atoms with Crippen LogP contribution in [0.3, 0.4) is 0 Å². The monoisotopic (exact) mass is 409 g/mol. The molecule has 0 aliphatic carbocycles. The highest BCUT2D eigenvalue weighted by Gasteiger charge is 2.30. The Bertz CT molecular complexity index is 825. The van der Waals surface area contributed by atoms with Gasteiger partial charge in [-0.05, 0) is 42.8 Å². The fraction of sp³-hybridized carbons (Fsp3) is 0.250. The van der Waals surface area contributed by atoms with Crippen molar-refractivity contribution in [1.82, 2.24) is 14.6 Å². The van der Waals surface area contributed by atoms with Gasteiger partial charge < -0.3 is 4.90 Å². The fourth-order valence-corrected chi connectivity index (χ4v) is 4.12. The van der Waals surface area contributed by atoms with E-state index in [2.05, 4.69) is 25.6 Å². The van der Waals surface area contributed by atoms with Crippen molar-refractivity contribution in [2.24, 2.45) is 0 Å². The standard InChI is InChI=1S/C16H16BrN3O3S/c17-12-4-6-14(7-5-12)24(22,23)19-13-8-10-20(11-13)16(21)15-3-1-2-9-18-15/h1-7,9,13,19H,8,10-11H2/t13-/m0/s1. The summed E-state index contributed by atoms with van der Waals surface area (Å²) in [6.45, 7) is 0.841. The molecule has 1 aliphatic rings. The van der Waals surface area contributed by atoms with Gasteiger partial charge in [-0.25, -0.2) is 13.1 Å². The number of likely N-dealkylation sites (tertiary alicyclic amines) is 1. The van der Waals surface area contributed by atoms with Gasteiger partial charge in [0.2, 0.25) is 10.0 Å². The second-order valence-electron chi connectivity index (χ2n) is 5.53. The molecule has 1 aromatic heterocycles. The second kappa shape index (κ2) is 7.00. The third-order valence-electron chi connectivity index (χ3n) is 3.81. The van der Waals surface area contributed by atoms with Crippen LogP contribution in [0.15, 0.2) is 58.0 Å². The van der Waals surface area contributed by atoms with Crippen molar-refractivity contribution in [1.29, 1.82) is 0 Å². The van der Waals surface area contributed by atoms with Gasteiger partial charge in [-0.15, -0.1) is 0 Å². The van der Waals surface area contributed by atoms with Crippen molar-refractivity contribution in [3.63, 3.8) is 0 Å². The zero-order chi connectivity index (χ0) is 17.2. The number of carbonyl (C=O) groups excluding carboxylic acids is 1. The predicted molar refractivity (Wildman–Crippen MR) is 93.0 cm³/mol. The van der Waals surface area contributed by atoms with E-state index in [0.29, 0.717) is 25.2 Å². The number of pyridine rings is 1. The summed E-state index contributed by atoms with van der Waals surface area (Å²) < 4.78 is 28.3. The minimum atomic E-state index is -3.60. The molecule has 0 bridgehead atoms. The van der Waals surface area contributed by atoms with Crippen LogP contribution in [0.1, 0.15) is 16.9 Å². The lowest BCUT2D eigenvalue weighted by Gasteiger charge is -2.16. The van der Waals surface area contributed by atoms with Crippen molar-refractivity contribution in [2.75, 3.05) is 13.1 Å². The average molecular weight is 410 g/mol. The summed E-state index contributed by atoms with van der Waals surface area (Å²) in [5.41, 5.74) is 0.369. The molecule has 8 heteroatoms. The van der Waals surface area contributed by atoms with E-state index in [1.165, 1.54) is 12.1 Å². The fourth-order valence-electron chi connectivity index (χ4n) is 2.59. The molecule has 1 N–H and O–H groups in total. The molecule has 0 saturated carbocycles. The molecule has 0 radical (unpaired) electrons. The highest BCUT2D eigenvalue weighted by Crippen LogP contribution is 2.18. The third kappa shape index (κ3) is 3.82. The Morgan fingerprint density at radius 2 is 1.96 bits per heavy atom. The van der Waals surface area contributed by atoms with E-state index in [-0.39, 0.29) is 16.8 Å². The summed E-state index contributed by atoms with van der Waals surface area (Å²) in [6, 6.07) is 11.3. The number of hydrogen-bond donors (Lipinski definition) is 1. The number of halogens is 1. The molecule has 1 saturated heterocycles. The molecule has 0 unspecified atom stereocenters. The predicted octanol–water partition coefficient (Wildman–Crippen LogP) is 2.04. The molecule has 6 nitrogen and oxygen atoms in total. The number of aromatic nitrogens is 1. The highest BCUT2D eigenvalue weighted by atomic mass is 79.9. The van der Waals surface area contributed by atoms with Crippen LogP contribution in [0.2, 0.25) is 0 Å². The minimum Gasteiger partial charge on any atom is -0.336 e. The molecule has 1 aliphatic heterocycles. The minimum absolute atomic E-state index is 0.180. The maximum Gasteiger partial charge on any atom is 0.272 e. The summed E-state index contributed by atoms with van der Waals surface area (Å²) in [5, 5.41) is 0. The number of hydrogen-bond acceptors (Lipinski definition) is 4. The molecule has 24 heavy (non-hydrogen) atoms. The summed E-state index contributed by atoms with van der Waals surface area (Å²) in [5.74, 6) is -0.180. The van der Waals surface area contributed by atoms with Gasteiger partial charge in [0.05, 0.1) is 4.90 Å². The quantitative estimate of drug-likeness (QED) is 0.837. The molecular formula is C16H16BrN3O3S. The first kappa shape index (κ1) is 17.1. The first-order chi connectivity index (χ1) is 11.5. The maximum atomic E-state index is 12.4. The van der Waals surface area contributed by atoms with Gasteiger partial charge in [0.25, 0.3) is 5.91 Å². The largest absolute Gasteiger partial charge is 0.336 e. The zero-order valence-corrected chi connectivity index (χ0v) is 15.1. The van der Waals surface area contributed by atoms with E-state index in [1.54, 1.807) is 41.4 Å². The summed E-state index contributed by atoms with van der Waals surface area (Å²) in [7, 11) is -3.60. The van der Waals surface area contributed by atoms with Crippen molar-refractivity contribution in [2.45, 2.75) is 17.4 Å². The van der Waals surface area contributed by atoms with Crippen molar-refractivity contribution >= 4 is 31.9 Å². The Morgan fingerprint density at radius 1 is 1.21 bits per heavy atom. The smallest absolute Gasteiger partial charge is 0.272 e. The molecule has 0 spiro atoms. The van der Waals surface area contributed by atoms with Gasteiger partial charge in [-0.3, -0.25) is 9.78 Å². The zero-order valence-electron chi connectivity index (χ0n) is 12.7. The Kier molecular flexibility index (Phi) is 4.98. The van der Waals surface area contributed by atoms with E-state index in [4.69, 9.17) is 0 Å². The number of carbonyl (C=O) groups is 1. The molecule has 126 valence electrons. The Morgan fingerprint density at radius 3 is 2.62 bits per heavy atom. The maximum absolute atomic E-state index is 12.4. The van der Waals surface area contributed by atoms with Crippen molar-refractivity contribution in [3.8, 4) is 0 Å². The van der Waals surface area contributed by atoms with Gasteiger partial charge >= 0.3 is 0 Å². The SMILES string of the molecule is O=C(c1ccccn1)N1CC[C@H](NS(=O)(=O)c2ccc(Br)cc2)C1. The van der Waals surface area contributed by atoms with Crippen LogP contribution in [-0.4, -0.2) is 43.3 Å². The van der Waals surface area contributed by atoms with Crippen molar-refractivity contribution in [3.05, 3.63) is 58.8 Å². The van der Waals surface area contributed by atoms with Crippen LogP contribution in [0.4, 0.5) is 0 Å². The number of rotatable bonds is 4. The number of sulfonamides is 1. The molecule has 1 amide bonds. The summed E-state index contributed by atoms with van der Waals surface area (Å²) in [6.07, 6.45) is 2.14. The lowest BCUT2D eigenvalue weighted by molar-refractivity contribution is 0.0784. The number of nitrogens with one attached hydrogen (secondary N) is 1. The number of amides is 1. The summed E-state index contributed by atoms with van der Waals surface area (Å²) in [4.78, 5) is 18.2. The van der Waals surface area contributed by atoms with Crippen LogP contribution >= 0.6 is 15.9 Å². The average Bonchev–Trinajstić information content (AvgIpc) is 3.03. The van der Waals surface area contributed by atoms with E-state index in [0.717, 1.165) is 4.47 Å². The van der Waals surface area contributed by atoms with Crippen LogP contribution in [0.25, 0.3) is 0 Å². The van der Waals surface area contributed by atoms with E-state index < -0.39 is 10.0 Å². The third-order valence-corrected chi connectivity index (χ3v) is 5.87. The van der Waals surface area contributed by atoms with Gasteiger partial charge in [0.15, 0.2) is 0 Å². The normalized spacial score (nSPS) is 17.9. The van der Waals surface area contributed by atoms with Gasteiger partial charge in [0.1, 0.15) is 5.69 Å². The first-order valence-corrected chi connectivity index (χ1v) is 9.71. The molecule has 2 aromatic rings. The van der Waals surface area contributed by atoms with E-state index >= 15 is 0 Å². The topological polar surface area (TPSA) is 79.4 Å². The van der Waals surface area contributed by atoms with Crippen LogP contribution in [0.5, 0.6) is 0 Å². The Labute approximate surface area is 149 Å². The Balaban J connectivity index is 1.66. The van der Waals surface area contributed by atoms with Gasteiger partial charge in [-0.1, -0.05) is 22.0 Å². The number of benzene rings is 1. The second-order valence-corrected chi connectivity index (χ2v) is 8.16. The molecular weight excluding hydrogens is 394 g/mol. The van der Waals surface area contributed by atoms with E-state index in [1.807, 2.05) is 0 Å². The van der Waals surface area contributed by atoms with Crippen LogP contribution in [-0.2, 0) is 10.0 Å². The van der Waals surface area contributed by atoms with Crippen molar-refractivity contribution < 1.29 is 13.2 Å². The molecule has 1 atom stereocenters. The van der Waals surface area contributed by atoms with Gasteiger partial charge in [0, 0.05) is 29.8 Å². The van der Waals surface area contributed by atoms with Crippen LogP contribution < -0.4 is 4.72 Å². The van der Waals surface area contributed by atoms with Gasteiger partial charge in [-0.2, -0.15) is 0 Å². The lowest BCUT2D eigenvalue weighted by Crippen LogP contribution is -2.38. The molecule has 3 rings (SSSR count). The molecule has 1 fully saturated rings. The highest BCUT2D eigenvalue weighted by molar-refractivity contribution is 9.10. The Hall–Kier alpha value is -1.77. The molecule has 2 heterocycles. The van der Waals surface area contributed by atoms with Crippen LogP contribution in [0, 0.1) is 0 Å². The summed E-state index contributed by atoms with van der Waals surface area (Å²) >= 11 is 3.28. The molecule has 1 aromatic carbocycles. The van der Waals surface area contributed by atoms with E-state index in [9.17, 15) is 13.2 Å².